The van der Waals surface area contributed by atoms with Gasteiger partial charge in [-0.15, -0.1) is 12.4 Å². The van der Waals surface area contributed by atoms with Gasteiger partial charge in [-0.25, -0.2) is 4.79 Å². The van der Waals surface area contributed by atoms with E-state index in [9.17, 15) is 9.59 Å². The van der Waals surface area contributed by atoms with E-state index in [2.05, 4.69) is 5.32 Å². The number of halogens is 1. The highest BCUT2D eigenvalue weighted by Crippen LogP contribution is 2.28. The molecule has 5 nitrogen and oxygen atoms in total. The van der Waals surface area contributed by atoms with Gasteiger partial charge < -0.3 is 15.8 Å². The predicted molar refractivity (Wildman–Crippen MR) is 76.1 cm³/mol. The fourth-order valence-corrected chi connectivity index (χ4v) is 2.50. The fraction of sp³-hybridized carbons (Fsp3) is 0.846. The monoisotopic (exact) mass is 292 g/mol. The van der Waals surface area contributed by atoms with Crippen LogP contribution < -0.4 is 11.1 Å². The number of nitrogens with two attached hydrogens (primary N) is 1. The van der Waals surface area contributed by atoms with Gasteiger partial charge in [0.25, 0.3) is 0 Å². The summed E-state index contributed by atoms with van der Waals surface area (Å²) in [5.74, 6) is -0.418. The first kappa shape index (κ1) is 18.2. The quantitative estimate of drug-likeness (QED) is 0.595. The number of nitrogens with one attached hydrogen (secondary N) is 1. The Morgan fingerprint density at radius 3 is 2.26 bits per heavy atom. The smallest absolute Gasteiger partial charge is 0.331 e. The zero-order chi connectivity index (χ0) is 13.4. The van der Waals surface area contributed by atoms with Gasteiger partial charge in [-0.1, -0.05) is 25.7 Å². The molecule has 112 valence electrons. The molecule has 0 aromatic heterocycles. The van der Waals surface area contributed by atoms with Crippen LogP contribution in [0.4, 0.5) is 0 Å². The van der Waals surface area contributed by atoms with Crippen molar-refractivity contribution in [2.24, 2.45) is 5.73 Å². The van der Waals surface area contributed by atoms with E-state index in [0.717, 1.165) is 25.7 Å². The van der Waals surface area contributed by atoms with Gasteiger partial charge in [-0.3, -0.25) is 4.79 Å². The van der Waals surface area contributed by atoms with E-state index in [1.165, 1.54) is 7.11 Å². The van der Waals surface area contributed by atoms with Gasteiger partial charge >= 0.3 is 5.97 Å². The van der Waals surface area contributed by atoms with Crippen LogP contribution in [0.3, 0.4) is 0 Å². The van der Waals surface area contributed by atoms with Crippen molar-refractivity contribution < 1.29 is 14.3 Å². The first-order valence-electron chi connectivity index (χ1n) is 6.74. The molecule has 0 heterocycles. The van der Waals surface area contributed by atoms with Gasteiger partial charge in [-0.2, -0.15) is 0 Å². The third kappa shape index (κ3) is 5.37. The van der Waals surface area contributed by atoms with Gasteiger partial charge in [0.15, 0.2) is 0 Å². The number of methoxy groups -OCH3 is 1. The minimum absolute atomic E-state index is 0. The summed E-state index contributed by atoms with van der Waals surface area (Å²) in [6, 6.07) is 0. The third-order valence-electron chi connectivity index (χ3n) is 3.52. The Kier molecular flexibility index (Phi) is 8.76. The lowest BCUT2D eigenvalue weighted by Crippen LogP contribution is -2.54. The maximum Gasteiger partial charge on any atom is 0.331 e. The van der Waals surface area contributed by atoms with E-state index in [1.807, 2.05) is 0 Å². The number of hydrogen-bond donors (Lipinski definition) is 2. The second-order valence-electron chi connectivity index (χ2n) is 4.93. The zero-order valence-corrected chi connectivity index (χ0v) is 12.4. The summed E-state index contributed by atoms with van der Waals surface area (Å²) in [4.78, 5) is 23.8. The second-order valence-corrected chi connectivity index (χ2v) is 4.93. The Hall–Kier alpha value is -0.810. The topological polar surface area (TPSA) is 81.4 Å². The number of carbonyl (C=O) groups is 2. The van der Waals surface area contributed by atoms with Crippen molar-refractivity contribution in [1.29, 1.82) is 0 Å². The Morgan fingerprint density at radius 2 is 1.79 bits per heavy atom. The van der Waals surface area contributed by atoms with Crippen LogP contribution in [-0.4, -0.2) is 31.1 Å². The molecule has 0 unspecified atom stereocenters. The van der Waals surface area contributed by atoms with E-state index in [4.69, 9.17) is 10.5 Å². The Bertz CT molecular complexity index is 290. The maximum atomic E-state index is 12.0. The van der Waals surface area contributed by atoms with Crippen molar-refractivity contribution in [2.45, 2.75) is 56.9 Å². The second kappa shape index (κ2) is 9.15. The summed E-state index contributed by atoms with van der Waals surface area (Å²) in [5, 5.41) is 2.89. The van der Waals surface area contributed by atoms with E-state index in [-0.39, 0.29) is 24.3 Å². The number of amides is 1. The van der Waals surface area contributed by atoms with Gasteiger partial charge in [0, 0.05) is 6.42 Å². The van der Waals surface area contributed by atoms with Crippen LogP contribution in [-0.2, 0) is 14.3 Å². The van der Waals surface area contributed by atoms with Crippen LogP contribution in [0, 0.1) is 0 Å². The zero-order valence-electron chi connectivity index (χ0n) is 11.6. The van der Waals surface area contributed by atoms with Crippen molar-refractivity contribution >= 4 is 24.3 Å². The first-order valence-corrected chi connectivity index (χ1v) is 6.74. The molecule has 0 spiro atoms. The van der Waals surface area contributed by atoms with E-state index >= 15 is 0 Å². The molecule has 1 amide bonds. The Balaban J connectivity index is 0.00000324. The SMILES string of the molecule is COC(=O)C1(NC(=O)CCCN)CCCCCC1.Cl. The number of ether oxygens (including phenoxy) is 1. The van der Waals surface area contributed by atoms with Crippen LogP contribution in [0.15, 0.2) is 0 Å². The lowest BCUT2D eigenvalue weighted by atomic mass is 9.90. The Labute approximate surface area is 121 Å². The standard InChI is InChI=1S/C13H24N2O3.ClH/c1-18-12(17)13(8-4-2-3-5-9-13)15-11(16)7-6-10-14;/h2-10,14H2,1H3,(H,15,16);1H. The maximum absolute atomic E-state index is 12.0. The lowest BCUT2D eigenvalue weighted by Gasteiger charge is -2.30. The van der Waals surface area contributed by atoms with Crippen LogP contribution in [0.25, 0.3) is 0 Å². The van der Waals surface area contributed by atoms with Crippen molar-refractivity contribution in [3.63, 3.8) is 0 Å². The van der Waals surface area contributed by atoms with Crippen LogP contribution in [0.1, 0.15) is 51.4 Å². The van der Waals surface area contributed by atoms with E-state index < -0.39 is 5.54 Å². The number of esters is 1. The summed E-state index contributed by atoms with van der Waals surface area (Å²) < 4.78 is 4.88. The molecule has 0 aromatic rings. The highest BCUT2D eigenvalue weighted by molar-refractivity contribution is 5.88. The normalized spacial score (nSPS) is 17.8. The number of rotatable bonds is 5. The molecular weight excluding hydrogens is 268 g/mol. The predicted octanol–water partition coefficient (Wildman–Crippen LogP) is 1.53. The van der Waals surface area contributed by atoms with Crippen molar-refractivity contribution in [3.8, 4) is 0 Å². The van der Waals surface area contributed by atoms with Gasteiger partial charge in [0.1, 0.15) is 5.54 Å². The average molecular weight is 293 g/mol. The summed E-state index contributed by atoms with van der Waals surface area (Å²) in [7, 11) is 1.38. The largest absolute Gasteiger partial charge is 0.467 e. The average Bonchev–Trinajstić information content (AvgIpc) is 2.62. The van der Waals surface area contributed by atoms with Gasteiger partial charge in [0.05, 0.1) is 7.11 Å². The van der Waals surface area contributed by atoms with Crippen molar-refractivity contribution in [3.05, 3.63) is 0 Å². The molecule has 0 radical (unpaired) electrons. The van der Waals surface area contributed by atoms with Crippen molar-refractivity contribution in [2.75, 3.05) is 13.7 Å². The Morgan fingerprint density at radius 1 is 1.21 bits per heavy atom. The van der Waals surface area contributed by atoms with Gasteiger partial charge in [0.2, 0.25) is 5.91 Å². The van der Waals surface area contributed by atoms with E-state index in [0.29, 0.717) is 32.2 Å². The summed E-state index contributed by atoms with van der Waals surface area (Å²) >= 11 is 0. The van der Waals surface area contributed by atoms with E-state index in [1.54, 1.807) is 0 Å². The van der Waals surface area contributed by atoms with Crippen LogP contribution in [0.5, 0.6) is 0 Å². The number of carbonyl (C=O) groups excluding carboxylic acids is 2. The molecule has 0 aliphatic heterocycles. The molecule has 0 atom stereocenters. The molecule has 6 heteroatoms. The third-order valence-corrected chi connectivity index (χ3v) is 3.52. The highest BCUT2D eigenvalue weighted by Gasteiger charge is 2.40. The summed E-state index contributed by atoms with van der Waals surface area (Å²) in [6.45, 7) is 0.485. The molecular formula is C13H25ClN2O3. The summed E-state index contributed by atoms with van der Waals surface area (Å²) in [6.07, 6.45) is 6.48. The minimum atomic E-state index is -0.809. The molecule has 1 aliphatic rings. The first-order chi connectivity index (χ1) is 8.64. The minimum Gasteiger partial charge on any atom is -0.467 e. The number of hydrogen-bond acceptors (Lipinski definition) is 4. The van der Waals surface area contributed by atoms with Crippen LogP contribution >= 0.6 is 12.4 Å². The fourth-order valence-electron chi connectivity index (χ4n) is 2.50. The van der Waals surface area contributed by atoms with Crippen LogP contribution in [0.2, 0.25) is 0 Å². The molecule has 3 N–H and O–H groups in total. The lowest BCUT2D eigenvalue weighted by molar-refractivity contribution is -0.151. The molecule has 19 heavy (non-hydrogen) atoms. The summed E-state index contributed by atoms with van der Waals surface area (Å²) in [5.41, 5.74) is 4.57. The molecule has 1 aliphatic carbocycles. The molecule has 0 bridgehead atoms. The molecule has 1 saturated carbocycles. The van der Waals surface area contributed by atoms with Gasteiger partial charge in [-0.05, 0) is 25.8 Å². The molecule has 0 saturated heterocycles. The molecule has 0 aromatic carbocycles. The molecule has 1 rings (SSSR count). The highest BCUT2D eigenvalue weighted by atomic mass is 35.5. The van der Waals surface area contributed by atoms with Crippen molar-refractivity contribution in [1.82, 2.24) is 5.32 Å². The molecule has 1 fully saturated rings.